The van der Waals surface area contributed by atoms with Crippen LogP contribution in [0.25, 0.3) is 32.7 Å². The summed E-state index contributed by atoms with van der Waals surface area (Å²) < 4.78 is 20.9. The van der Waals surface area contributed by atoms with Gasteiger partial charge in [-0.15, -0.1) is 0 Å². The van der Waals surface area contributed by atoms with Crippen molar-refractivity contribution in [2.45, 2.75) is 46.3 Å². The second kappa shape index (κ2) is 7.90. The van der Waals surface area contributed by atoms with Crippen molar-refractivity contribution in [3.63, 3.8) is 0 Å². The highest BCUT2D eigenvalue weighted by Crippen LogP contribution is 2.43. The Bertz CT molecular complexity index is 1300. The minimum atomic E-state index is -0.719. The maximum Gasteiger partial charge on any atom is 0.163 e. The summed E-state index contributed by atoms with van der Waals surface area (Å²) in [7, 11) is 0. The third kappa shape index (κ3) is 3.98. The lowest BCUT2D eigenvalue weighted by atomic mass is 9.84. The van der Waals surface area contributed by atoms with Gasteiger partial charge in [-0.1, -0.05) is 60.7 Å². The molecule has 0 aromatic heterocycles. The maximum absolute atomic E-state index is 14.6. The Kier molecular flexibility index (Phi) is 5.40. The number of carbonyl (C=O) groups is 1. The number of ketones is 1. The van der Waals surface area contributed by atoms with Gasteiger partial charge in [-0.2, -0.15) is 0 Å². The normalized spacial score (nSPS) is 13.0. The monoisotopic (exact) mass is 414 g/mol. The van der Waals surface area contributed by atoms with Gasteiger partial charge < -0.3 is 4.74 Å². The second-order valence-corrected chi connectivity index (χ2v) is 9.06. The molecule has 1 atom stereocenters. The molecule has 0 spiro atoms. The maximum atomic E-state index is 14.6. The van der Waals surface area contributed by atoms with Crippen LogP contribution in [-0.4, -0.2) is 11.4 Å². The van der Waals surface area contributed by atoms with Gasteiger partial charge in [-0.25, -0.2) is 4.39 Å². The second-order valence-electron chi connectivity index (χ2n) is 9.06. The molecule has 4 aromatic rings. The molecule has 0 amide bonds. The van der Waals surface area contributed by atoms with Crippen molar-refractivity contribution < 1.29 is 13.9 Å². The van der Waals surface area contributed by atoms with Crippen LogP contribution < -0.4 is 0 Å². The SMILES string of the molecule is CC(=O)[C@@H](OC(C)(C)C)c1c(C)cc2ccccc2c1-c1ccc(F)c2ccccc12. The zero-order chi connectivity index (χ0) is 22.3. The molecule has 3 heteroatoms. The molecule has 0 bridgehead atoms. The highest BCUT2D eigenvalue weighted by molar-refractivity contribution is 6.08. The number of hydrogen-bond donors (Lipinski definition) is 0. The Morgan fingerprint density at radius 1 is 0.903 bits per heavy atom. The molecule has 31 heavy (non-hydrogen) atoms. The number of rotatable bonds is 4. The van der Waals surface area contributed by atoms with Gasteiger partial charge in [0.2, 0.25) is 0 Å². The molecule has 0 radical (unpaired) electrons. The highest BCUT2D eigenvalue weighted by atomic mass is 19.1. The molecule has 0 heterocycles. The molecule has 0 N–H and O–H groups in total. The van der Waals surface area contributed by atoms with E-state index in [-0.39, 0.29) is 11.6 Å². The first-order chi connectivity index (χ1) is 14.7. The summed E-state index contributed by atoms with van der Waals surface area (Å²) in [5.74, 6) is -0.312. The fourth-order valence-corrected chi connectivity index (χ4v) is 4.31. The number of Topliss-reactive ketones (excluding diaryl/α,β-unsaturated/α-hetero) is 1. The molecule has 4 rings (SSSR count). The average molecular weight is 415 g/mol. The number of hydrogen-bond acceptors (Lipinski definition) is 2. The van der Waals surface area contributed by atoms with Crippen LogP contribution in [0.5, 0.6) is 0 Å². The van der Waals surface area contributed by atoms with E-state index in [9.17, 15) is 9.18 Å². The van der Waals surface area contributed by atoms with E-state index in [1.54, 1.807) is 13.0 Å². The standard InChI is InChI=1S/C28H27FO2/c1-17-16-19-10-6-7-11-20(19)26(25(17)27(18(2)30)31-28(3,4)5)23-14-15-24(29)22-13-9-8-12-21(22)23/h6-16,27H,1-5H3/t27-/m1/s1. The van der Waals surface area contributed by atoms with E-state index < -0.39 is 11.7 Å². The van der Waals surface area contributed by atoms with E-state index in [0.29, 0.717) is 5.39 Å². The van der Waals surface area contributed by atoms with E-state index in [0.717, 1.165) is 38.4 Å². The zero-order valence-electron chi connectivity index (χ0n) is 18.6. The molecule has 0 saturated carbocycles. The first-order valence-corrected chi connectivity index (χ1v) is 10.6. The summed E-state index contributed by atoms with van der Waals surface area (Å²) in [6.45, 7) is 9.43. The van der Waals surface area contributed by atoms with Crippen molar-refractivity contribution in [1.29, 1.82) is 0 Å². The lowest BCUT2D eigenvalue weighted by Crippen LogP contribution is -2.27. The number of aryl methyl sites for hydroxylation is 1. The van der Waals surface area contributed by atoms with Crippen molar-refractivity contribution >= 4 is 27.3 Å². The Balaban J connectivity index is 2.15. The molecule has 158 valence electrons. The molecule has 2 nitrogen and oxygen atoms in total. The zero-order valence-corrected chi connectivity index (χ0v) is 18.6. The van der Waals surface area contributed by atoms with E-state index in [2.05, 4.69) is 18.2 Å². The Hall–Kier alpha value is -3.04. The van der Waals surface area contributed by atoms with E-state index in [4.69, 9.17) is 4.74 Å². The summed E-state index contributed by atoms with van der Waals surface area (Å²) in [6.07, 6.45) is -0.719. The van der Waals surface area contributed by atoms with Crippen molar-refractivity contribution in [1.82, 2.24) is 0 Å². The van der Waals surface area contributed by atoms with Crippen molar-refractivity contribution in [2.24, 2.45) is 0 Å². The van der Waals surface area contributed by atoms with Gasteiger partial charge in [0.05, 0.1) is 5.60 Å². The van der Waals surface area contributed by atoms with E-state index in [1.165, 1.54) is 6.07 Å². The van der Waals surface area contributed by atoms with Crippen LogP contribution >= 0.6 is 0 Å². The molecule has 0 unspecified atom stereocenters. The van der Waals surface area contributed by atoms with Crippen LogP contribution in [0.15, 0.2) is 66.7 Å². The molecular weight excluding hydrogens is 387 g/mol. The number of fused-ring (bicyclic) bond motifs is 2. The van der Waals surface area contributed by atoms with Crippen LogP contribution in [0.4, 0.5) is 4.39 Å². The predicted octanol–water partition coefficient (Wildman–Crippen LogP) is 7.55. The minimum absolute atomic E-state index is 0.0547. The van der Waals surface area contributed by atoms with E-state index >= 15 is 0 Å². The van der Waals surface area contributed by atoms with Crippen LogP contribution in [0.3, 0.4) is 0 Å². The minimum Gasteiger partial charge on any atom is -0.360 e. The van der Waals surface area contributed by atoms with Gasteiger partial charge in [0, 0.05) is 5.39 Å². The first-order valence-electron chi connectivity index (χ1n) is 10.6. The van der Waals surface area contributed by atoms with Gasteiger partial charge in [0.1, 0.15) is 11.9 Å². The van der Waals surface area contributed by atoms with Crippen LogP contribution in [-0.2, 0) is 9.53 Å². The van der Waals surface area contributed by atoms with Crippen LogP contribution in [0, 0.1) is 12.7 Å². The van der Waals surface area contributed by atoms with Crippen LogP contribution in [0.2, 0.25) is 0 Å². The van der Waals surface area contributed by atoms with Gasteiger partial charge in [-0.3, -0.25) is 4.79 Å². The molecule has 0 aliphatic rings. The third-order valence-electron chi connectivity index (χ3n) is 5.54. The largest absolute Gasteiger partial charge is 0.360 e. The summed E-state index contributed by atoms with van der Waals surface area (Å²) >= 11 is 0. The molecule has 0 aliphatic carbocycles. The Morgan fingerprint density at radius 2 is 1.52 bits per heavy atom. The smallest absolute Gasteiger partial charge is 0.163 e. The Labute approximate surface area is 182 Å². The predicted molar refractivity (Wildman–Crippen MR) is 126 cm³/mol. The summed E-state index contributed by atoms with van der Waals surface area (Å²) in [4.78, 5) is 12.8. The van der Waals surface area contributed by atoms with Gasteiger partial charge in [-0.05, 0) is 79.1 Å². The fraction of sp³-hybridized carbons (Fsp3) is 0.250. The number of ether oxygens (including phenoxy) is 1. The van der Waals surface area contributed by atoms with Gasteiger partial charge in [0.15, 0.2) is 5.78 Å². The molecule has 0 aliphatic heterocycles. The fourth-order valence-electron chi connectivity index (χ4n) is 4.31. The molecule has 4 aromatic carbocycles. The first kappa shape index (κ1) is 21.2. The van der Waals surface area contributed by atoms with Crippen LogP contribution in [0.1, 0.15) is 44.9 Å². The number of halogens is 1. The molecule has 0 saturated heterocycles. The van der Waals surface area contributed by atoms with Crippen molar-refractivity contribution in [3.8, 4) is 11.1 Å². The summed E-state index contributed by atoms with van der Waals surface area (Å²) in [5, 5.41) is 3.47. The average Bonchev–Trinajstić information content (AvgIpc) is 2.71. The number of benzene rings is 4. The molecule has 0 fully saturated rings. The highest BCUT2D eigenvalue weighted by Gasteiger charge is 2.30. The lowest BCUT2D eigenvalue weighted by Gasteiger charge is -2.30. The number of carbonyl (C=O) groups excluding carboxylic acids is 1. The van der Waals surface area contributed by atoms with E-state index in [1.807, 2.05) is 64.1 Å². The van der Waals surface area contributed by atoms with Gasteiger partial charge in [0.25, 0.3) is 0 Å². The summed E-state index contributed by atoms with van der Waals surface area (Å²) in [5.41, 5.74) is 3.15. The quantitative estimate of drug-likeness (QED) is 0.344. The third-order valence-corrected chi connectivity index (χ3v) is 5.54. The Morgan fingerprint density at radius 3 is 2.16 bits per heavy atom. The lowest BCUT2D eigenvalue weighted by molar-refractivity contribution is -0.138. The topological polar surface area (TPSA) is 26.3 Å². The van der Waals surface area contributed by atoms with Gasteiger partial charge >= 0.3 is 0 Å². The summed E-state index contributed by atoms with van der Waals surface area (Å²) in [6, 6.07) is 21.0. The van der Waals surface area contributed by atoms with Crippen molar-refractivity contribution in [2.75, 3.05) is 0 Å². The van der Waals surface area contributed by atoms with Crippen molar-refractivity contribution in [3.05, 3.63) is 83.7 Å². The molecular formula is C28H27FO2.